The highest BCUT2D eigenvalue weighted by Gasteiger charge is 2.32. The van der Waals surface area contributed by atoms with E-state index in [1.165, 1.54) is 18.4 Å². The third-order valence-corrected chi connectivity index (χ3v) is 2.18. The van der Waals surface area contributed by atoms with Crippen LogP contribution in [0.1, 0.15) is 5.56 Å². The van der Waals surface area contributed by atoms with Gasteiger partial charge in [0, 0.05) is 0 Å². The maximum atomic E-state index is 12.9. The maximum absolute atomic E-state index is 12.9. The van der Waals surface area contributed by atoms with Gasteiger partial charge in [-0.1, -0.05) is 23.9 Å². The molecule has 0 amide bonds. The lowest BCUT2D eigenvalue weighted by Crippen LogP contribution is -2.09. The van der Waals surface area contributed by atoms with E-state index in [1.807, 2.05) is 0 Å². The lowest BCUT2D eigenvalue weighted by Gasteiger charge is -2.13. The lowest BCUT2D eigenvalue weighted by atomic mass is 10.2. The number of benzene rings is 1. The first-order valence-corrected chi connectivity index (χ1v) is 4.48. The van der Waals surface area contributed by atoms with Crippen LogP contribution in [0.3, 0.4) is 0 Å². The third kappa shape index (κ3) is 1.75. The molecule has 4 heteroatoms. The first-order valence-electron chi connectivity index (χ1n) is 3.26. The molecule has 12 heavy (non-hydrogen) atoms. The van der Waals surface area contributed by atoms with E-state index in [0.29, 0.717) is 11.8 Å². The molecular weight excluding hydrogens is 185 g/mol. The van der Waals surface area contributed by atoms with E-state index in [4.69, 9.17) is 0 Å². The summed E-state index contributed by atoms with van der Waals surface area (Å²) >= 11 is 0.321. The summed E-state index contributed by atoms with van der Waals surface area (Å²) in [4.78, 5) is 0. The van der Waals surface area contributed by atoms with Crippen molar-refractivity contribution in [2.75, 3.05) is 6.26 Å². The molecule has 0 nitrogen and oxygen atoms in total. The van der Waals surface area contributed by atoms with Crippen molar-refractivity contribution in [3.05, 3.63) is 35.6 Å². The summed E-state index contributed by atoms with van der Waals surface area (Å²) in [5.41, 5.74) is -0.558. The van der Waals surface area contributed by atoms with Crippen molar-refractivity contribution in [2.24, 2.45) is 0 Å². The summed E-state index contributed by atoms with van der Waals surface area (Å²) in [5, 5.41) is -3.13. The highest BCUT2D eigenvalue weighted by Crippen LogP contribution is 2.38. The van der Waals surface area contributed by atoms with E-state index >= 15 is 0 Å². The molecule has 0 aliphatic carbocycles. The Morgan fingerprint density at radius 1 is 1.25 bits per heavy atom. The van der Waals surface area contributed by atoms with Crippen LogP contribution < -0.4 is 0 Å². The predicted octanol–water partition coefficient (Wildman–Crippen LogP) is 3.24. The molecule has 0 spiro atoms. The second kappa shape index (κ2) is 3.39. The molecule has 0 N–H and O–H groups in total. The predicted molar refractivity (Wildman–Crippen MR) is 43.8 cm³/mol. The van der Waals surface area contributed by atoms with E-state index in [9.17, 15) is 13.2 Å². The van der Waals surface area contributed by atoms with E-state index in [0.717, 1.165) is 12.1 Å². The molecule has 0 saturated carbocycles. The minimum absolute atomic E-state index is 0.321. The smallest absolute Gasteiger partial charge is 0.206 e. The van der Waals surface area contributed by atoms with Gasteiger partial charge in [-0.15, -0.1) is 0 Å². The molecule has 0 bridgehead atoms. The van der Waals surface area contributed by atoms with Gasteiger partial charge in [-0.3, -0.25) is 0 Å². The largest absolute Gasteiger partial charge is 0.321 e. The van der Waals surface area contributed by atoms with Crippen molar-refractivity contribution in [1.29, 1.82) is 0 Å². The first kappa shape index (κ1) is 9.45. The Morgan fingerprint density at radius 2 is 1.83 bits per heavy atom. The van der Waals surface area contributed by atoms with Crippen LogP contribution in [0.4, 0.5) is 13.2 Å². The molecule has 0 saturated heterocycles. The number of alkyl halides is 2. The van der Waals surface area contributed by atoms with Gasteiger partial charge < -0.3 is 0 Å². The van der Waals surface area contributed by atoms with Crippen molar-refractivity contribution in [1.82, 2.24) is 0 Å². The monoisotopic (exact) mass is 192 g/mol. The van der Waals surface area contributed by atoms with Crippen molar-refractivity contribution in [3.63, 3.8) is 0 Å². The van der Waals surface area contributed by atoms with Crippen LogP contribution in [0, 0.1) is 5.82 Å². The van der Waals surface area contributed by atoms with Crippen LogP contribution in [-0.2, 0) is 5.25 Å². The fourth-order valence-electron chi connectivity index (χ4n) is 0.807. The lowest BCUT2D eigenvalue weighted by molar-refractivity contribution is 0.101. The summed E-state index contributed by atoms with van der Waals surface area (Å²) in [5.74, 6) is -0.864. The minimum atomic E-state index is -3.13. The van der Waals surface area contributed by atoms with Gasteiger partial charge in [0.25, 0.3) is 0 Å². The minimum Gasteiger partial charge on any atom is -0.206 e. The SMILES string of the molecule is CSC(F)(F)c1ccccc1F. The average Bonchev–Trinajstić information content (AvgIpc) is 2.05. The van der Waals surface area contributed by atoms with Crippen LogP contribution in [0.2, 0.25) is 0 Å². The van der Waals surface area contributed by atoms with Crippen molar-refractivity contribution in [2.45, 2.75) is 5.25 Å². The zero-order valence-corrected chi connectivity index (χ0v) is 7.17. The Kier molecular flexibility index (Phi) is 2.67. The normalized spacial score (nSPS) is 11.7. The van der Waals surface area contributed by atoms with Gasteiger partial charge >= 0.3 is 5.25 Å². The van der Waals surface area contributed by atoms with Crippen LogP contribution in [0.5, 0.6) is 0 Å². The second-order valence-electron chi connectivity index (χ2n) is 2.20. The van der Waals surface area contributed by atoms with Gasteiger partial charge in [0.05, 0.1) is 5.56 Å². The fraction of sp³-hybridized carbons (Fsp3) is 0.250. The van der Waals surface area contributed by atoms with Gasteiger partial charge in [-0.25, -0.2) is 4.39 Å². The van der Waals surface area contributed by atoms with E-state index in [-0.39, 0.29) is 0 Å². The average molecular weight is 192 g/mol. The first-order chi connectivity index (χ1) is 5.58. The molecule has 1 rings (SSSR count). The summed E-state index contributed by atoms with van der Waals surface area (Å²) in [7, 11) is 0. The Balaban J connectivity index is 3.10. The molecule has 0 aliphatic heterocycles. The van der Waals surface area contributed by atoms with E-state index < -0.39 is 16.6 Å². The van der Waals surface area contributed by atoms with E-state index in [1.54, 1.807) is 0 Å². The highest BCUT2D eigenvalue weighted by atomic mass is 32.2. The molecule has 0 heterocycles. The Morgan fingerprint density at radius 3 is 2.33 bits per heavy atom. The quantitative estimate of drug-likeness (QED) is 0.693. The summed E-state index contributed by atoms with van der Waals surface area (Å²) < 4.78 is 38.5. The Hall–Kier alpha value is -0.640. The van der Waals surface area contributed by atoms with Crippen LogP contribution in [0.25, 0.3) is 0 Å². The van der Waals surface area contributed by atoms with E-state index in [2.05, 4.69) is 0 Å². The van der Waals surface area contributed by atoms with Gasteiger partial charge in [0.15, 0.2) is 0 Å². The molecule has 0 atom stereocenters. The zero-order valence-electron chi connectivity index (χ0n) is 6.35. The van der Waals surface area contributed by atoms with Crippen LogP contribution in [0.15, 0.2) is 24.3 Å². The van der Waals surface area contributed by atoms with Gasteiger partial charge in [0.2, 0.25) is 0 Å². The standard InChI is InChI=1S/C8H7F3S/c1-12-8(10,11)6-4-2-3-5-7(6)9/h2-5H,1H3. The fourth-order valence-corrected chi connectivity index (χ4v) is 1.19. The molecule has 0 fully saturated rings. The maximum Gasteiger partial charge on any atom is 0.321 e. The molecule has 66 valence electrons. The van der Waals surface area contributed by atoms with Gasteiger partial charge in [-0.2, -0.15) is 8.78 Å². The summed E-state index contributed by atoms with van der Waals surface area (Å²) in [6, 6.07) is 4.89. The van der Waals surface area contributed by atoms with Crippen molar-refractivity contribution < 1.29 is 13.2 Å². The van der Waals surface area contributed by atoms with Crippen LogP contribution >= 0.6 is 11.8 Å². The third-order valence-electron chi connectivity index (χ3n) is 1.44. The Bertz CT molecular complexity index is 273. The topological polar surface area (TPSA) is 0 Å². The number of halogens is 3. The van der Waals surface area contributed by atoms with Crippen molar-refractivity contribution in [3.8, 4) is 0 Å². The summed E-state index contributed by atoms with van der Waals surface area (Å²) in [6.45, 7) is 0. The Labute approximate surface area is 72.8 Å². The summed E-state index contributed by atoms with van der Waals surface area (Å²) in [6.07, 6.45) is 1.24. The number of hydrogen-bond donors (Lipinski definition) is 0. The molecule has 1 aromatic carbocycles. The van der Waals surface area contributed by atoms with Crippen LogP contribution in [-0.4, -0.2) is 6.26 Å². The number of thioether (sulfide) groups is 1. The number of rotatable bonds is 2. The highest BCUT2D eigenvalue weighted by molar-refractivity contribution is 7.99. The molecular formula is C8H7F3S. The molecule has 0 radical (unpaired) electrons. The molecule has 0 unspecified atom stereocenters. The molecule has 0 aliphatic rings. The number of hydrogen-bond acceptors (Lipinski definition) is 1. The van der Waals surface area contributed by atoms with Gasteiger partial charge in [-0.05, 0) is 18.4 Å². The van der Waals surface area contributed by atoms with Crippen molar-refractivity contribution >= 4 is 11.8 Å². The molecule has 1 aromatic rings. The second-order valence-corrected chi connectivity index (χ2v) is 3.12. The van der Waals surface area contributed by atoms with Gasteiger partial charge in [0.1, 0.15) is 5.82 Å². The zero-order chi connectivity index (χ0) is 9.19. The molecule has 0 aromatic heterocycles.